The maximum Gasteiger partial charge on any atom is 0.401 e. The number of rotatable bonds is 4. The number of amides is 1. The largest absolute Gasteiger partial charge is 0.401 e. The highest BCUT2D eigenvalue weighted by Crippen LogP contribution is 2.21. The molecule has 0 spiro atoms. The first kappa shape index (κ1) is 14.3. The fourth-order valence-electron chi connectivity index (χ4n) is 2.11. The summed E-state index contributed by atoms with van der Waals surface area (Å²) in [5.41, 5.74) is 0. The minimum atomic E-state index is -4.26. The van der Waals surface area contributed by atoms with Gasteiger partial charge >= 0.3 is 6.18 Å². The van der Waals surface area contributed by atoms with Crippen molar-refractivity contribution in [1.82, 2.24) is 10.2 Å². The van der Waals surface area contributed by atoms with Crippen molar-refractivity contribution in [3.63, 3.8) is 0 Å². The maximum atomic E-state index is 11.9. The van der Waals surface area contributed by atoms with Crippen molar-refractivity contribution in [2.75, 3.05) is 20.1 Å². The standard InChI is InChI=1S/C11H19F3N2O/c1-16(9-5-3-2-4-6-9)10(17)7-15-8-11(12,13)14/h9,15H,2-8H2,1H3. The van der Waals surface area contributed by atoms with E-state index in [1.165, 1.54) is 6.42 Å². The number of halogens is 3. The lowest BCUT2D eigenvalue weighted by Crippen LogP contribution is -2.44. The average molecular weight is 252 g/mol. The Morgan fingerprint density at radius 1 is 1.29 bits per heavy atom. The predicted molar refractivity (Wildman–Crippen MR) is 58.6 cm³/mol. The summed E-state index contributed by atoms with van der Waals surface area (Å²) in [6, 6.07) is 0.198. The minimum absolute atomic E-state index is 0.198. The van der Waals surface area contributed by atoms with Crippen LogP contribution in [0.2, 0.25) is 0 Å². The Kier molecular flexibility index (Phi) is 5.24. The van der Waals surface area contributed by atoms with E-state index in [2.05, 4.69) is 5.32 Å². The van der Waals surface area contributed by atoms with Gasteiger partial charge in [0.25, 0.3) is 0 Å². The maximum absolute atomic E-state index is 11.9. The number of hydrogen-bond donors (Lipinski definition) is 1. The molecule has 0 unspecified atom stereocenters. The number of nitrogens with one attached hydrogen (secondary N) is 1. The number of nitrogens with zero attached hydrogens (tertiary/aromatic N) is 1. The molecule has 0 aromatic heterocycles. The van der Waals surface area contributed by atoms with Crippen LogP contribution in [0.1, 0.15) is 32.1 Å². The van der Waals surface area contributed by atoms with Gasteiger partial charge in [0.15, 0.2) is 0 Å². The highest BCUT2D eigenvalue weighted by molar-refractivity contribution is 5.78. The summed E-state index contributed by atoms with van der Waals surface area (Å²) in [6.45, 7) is -1.36. The lowest BCUT2D eigenvalue weighted by Gasteiger charge is -2.31. The van der Waals surface area contributed by atoms with Gasteiger partial charge in [-0.25, -0.2) is 0 Å². The summed E-state index contributed by atoms with van der Waals surface area (Å²) >= 11 is 0. The zero-order valence-electron chi connectivity index (χ0n) is 10.0. The van der Waals surface area contributed by atoms with Crippen LogP contribution in [-0.4, -0.2) is 43.2 Å². The van der Waals surface area contributed by atoms with E-state index < -0.39 is 12.7 Å². The second-order valence-corrected chi connectivity index (χ2v) is 4.52. The van der Waals surface area contributed by atoms with E-state index in [-0.39, 0.29) is 18.5 Å². The summed E-state index contributed by atoms with van der Waals surface area (Å²) in [5.74, 6) is -0.263. The van der Waals surface area contributed by atoms with Gasteiger partial charge in [-0.3, -0.25) is 4.79 Å². The van der Waals surface area contributed by atoms with E-state index in [1.54, 1.807) is 11.9 Å². The van der Waals surface area contributed by atoms with Crippen LogP contribution in [0, 0.1) is 0 Å². The molecule has 0 atom stereocenters. The molecular weight excluding hydrogens is 233 g/mol. The van der Waals surface area contributed by atoms with E-state index in [0.717, 1.165) is 25.7 Å². The van der Waals surface area contributed by atoms with Gasteiger partial charge in [0.05, 0.1) is 13.1 Å². The predicted octanol–water partition coefficient (Wildman–Crippen LogP) is 1.93. The van der Waals surface area contributed by atoms with Gasteiger partial charge in [0.1, 0.15) is 0 Å². The lowest BCUT2D eigenvalue weighted by molar-refractivity contribution is -0.135. The Hall–Kier alpha value is -0.780. The first-order valence-corrected chi connectivity index (χ1v) is 5.93. The normalized spacial score (nSPS) is 18.1. The summed E-state index contributed by atoms with van der Waals surface area (Å²) in [4.78, 5) is 13.2. The smallest absolute Gasteiger partial charge is 0.342 e. The van der Waals surface area contributed by atoms with Crippen LogP contribution >= 0.6 is 0 Å². The van der Waals surface area contributed by atoms with Crippen molar-refractivity contribution in [1.29, 1.82) is 0 Å². The summed E-state index contributed by atoms with van der Waals surface area (Å²) in [5, 5.41) is 2.13. The van der Waals surface area contributed by atoms with E-state index in [4.69, 9.17) is 0 Å². The molecule has 1 amide bonds. The monoisotopic (exact) mass is 252 g/mol. The van der Waals surface area contributed by atoms with Gasteiger partial charge in [-0.15, -0.1) is 0 Å². The fraction of sp³-hybridized carbons (Fsp3) is 0.909. The Morgan fingerprint density at radius 2 is 1.88 bits per heavy atom. The molecule has 0 aromatic carbocycles. The van der Waals surface area contributed by atoms with Gasteiger partial charge in [0.2, 0.25) is 5.91 Å². The second kappa shape index (κ2) is 6.23. The second-order valence-electron chi connectivity index (χ2n) is 4.52. The number of carbonyl (C=O) groups excluding carboxylic acids is 1. The van der Waals surface area contributed by atoms with Gasteiger partial charge in [-0.1, -0.05) is 19.3 Å². The third-order valence-corrected chi connectivity index (χ3v) is 3.12. The van der Waals surface area contributed by atoms with Crippen molar-refractivity contribution in [3.05, 3.63) is 0 Å². The molecule has 1 saturated carbocycles. The summed E-state index contributed by atoms with van der Waals surface area (Å²) in [6.07, 6.45) is 1.04. The third-order valence-electron chi connectivity index (χ3n) is 3.12. The van der Waals surface area contributed by atoms with Crippen molar-refractivity contribution in [2.45, 2.75) is 44.3 Å². The van der Waals surface area contributed by atoms with E-state index in [9.17, 15) is 18.0 Å². The van der Waals surface area contributed by atoms with Crippen LogP contribution < -0.4 is 5.32 Å². The third kappa shape index (κ3) is 5.39. The van der Waals surface area contributed by atoms with Gasteiger partial charge in [0, 0.05) is 13.1 Å². The van der Waals surface area contributed by atoms with Crippen LogP contribution in [0.4, 0.5) is 13.2 Å². The zero-order chi connectivity index (χ0) is 12.9. The Morgan fingerprint density at radius 3 is 2.41 bits per heavy atom. The molecule has 1 aliphatic carbocycles. The van der Waals surface area contributed by atoms with E-state index in [0.29, 0.717) is 0 Å². The van der Waals surface area contributed by atoms with Crippen molar-refractivity contribution in [3.8, 4) is 0 Å². The molecule has 1 N–H and O–H groups in total. The highest BCUT2D eigenvalue weighted by Gasteiger charge is 2.27. The first-order valence-electron chi connectivity index (χ1n) is 5.93. The van der Waals surface area contributed by atoms with Crippen LogP contribution in [0.25, 0.3) is 0 Å². The fourth-order valence-corrected chi connectivity index (χ4v) is 2.11. The van der Waals surface area contributed by atoms with Crippen LogP contribution in [-0.2, 0) is 4.79 Å². The number of alkyl halides is 3. The Labute approximate surface area is 99.4 Å². The molecule has 0 aliphatic heterocycles. The molecule has 0 heterocycles. The minimum Gasteiger partial charge on any atom is -0.342 e. The molecule has 3 nitrogen and oxygen atoms in total. The molecule has 6 heteroatoms. The molecule has 100 valence electrons. The number of carbonyl (C=O) groups is 1. The van der Waals surface area contributed by atoms with Crippen LogP contribution in [0.5, 0.6) is 0 Å². The molecule has 0 radical (unpaired) electrons. The lowest BCUT2D eigenvalue weighted by atomic mass is 9.94. The van der Waals surface area contributed by atoms with Gasteiger partial charge in [-0.05, 0) is 12.8 Å². The molecule has 0 bridgehead atoms. The summed E-state index contributed by atoms with van der Waals surface area (Å²) < 4.78 is 35.6. The first-order chi connectivity index (χ1) is 7.90. The molecule has 1 rings (SSSR count). The highest BCUT2D eigenvalue weighted by atomic mass is 19.4. The Balaban J connectivity index is 2.26. The zero-order valence-corrected chi connectivity index (χ0v) is 10.0. The molecule has 1 aliphatic rings. The van der Waals surface area contributed by atoms with Crippen molar-refractivity contribution >= 4 is 5.91 Å². The SMILES string of the molecule is CN(C(=O)CNCC(F)(F)F)C1CCCCC1. The van der Waals surface area contributed by atoms with E-state index in [1.807, 2.05) is 0 Å². The van der Waals surface area contributed by atoms with Crippen LogP contribution in [0.3, 0.4) is 0 Å². The summed E-state index contributed by atoms with van der Waals surface area (Å²) in [7, 11) is 1.67. The van der Waals surface area contributed by atoms with Gasteiger partial charge in [-0.2, -0.15) is 13.2 Å². The molecular formula is C11H19F3N2O. The number of likely N-dealkylation sites (N-methyl/N-ethyl adjacent to an activating group) is 1. The number of hydrogen-bond acceptors (Lipinski definition) is 2. The van der Waals surface area contributed by atoms with Crippen molar-refractivity contribution < 1.29 is 18.0 Å². The molecule has 1 fully saturated rings. The quantitative estimate of drug-likeness (QED) is 0.829. The molecule has 0 aromatic rings. The molecule has 17 heavy (non-hydrogen) atoms. The van der Waals surface area contributed by atoms with Gasteiger partial charge < -0.3 is 10.2 Å². The molecule has 0 saturated heterocycles. The van der Waals surface area contributed by atoms with Crippen LogP contribution in [0.15, 0.2) is 0 Å². The van der Waals surface area contributed by atoms with E-state index >= 15 is 0 Å². The Bertz CT molecular complexity index is 250. The van der Waals surface area contributed by atoms with Crippen molar-refractivity contribution in [2.24, 2.45) is 0 Å². The average Bonchev–Trinajstić information content (AvgIpc) is 2.27. The topological polar surface area (TPSA) is 32.3 Å².